The highest BCUT2D eigenvalue weighted by molar-refractivity contribution is 5.85. The first-order valence-corrected chi connectivity index (χ1v) is 14.7. The summed E-state index contributed by atoms with van der Waals surface area (Å²) in [6, 6.07) is 19.8. The number of alkyl halides is 1. The van der Waals surface area contributed by atoms with Crippen molar-refractivity contribution in [3.63, 3.8) is 0 Å². The van der Waals surface area contributed by atoms with Crippen molar-refractivity contribution in [3.05, 3.63) is 77.4 Å². The number of carbonyl (C=O) groups is 1. The third kappa shape index (κ3) is 4.95. The number of hydrogen-bond acceptors (Lipinski definition) is 3. The largest absolute Gasteiger partial charge is 0.508 e. The first-order valence-electron chi connectivity index (χ1n) is 14.7. The Labute approximate surface area is 230 Å². The number of hydrogen-bond donors (Lipinski definition) is 3. The number of aliphatic hydroxyl groups is 1. The number of amides is 1. The molecule has 0 aliphatic heterocycles. The molecule has 0 bridgehead atoms. The minimum absolute atomic E-state index is 0.0377. The third-order valence-electron chi connectivity index (χ3n) is 10.3. The summed E-state index contributed by atoms with van der Waals surface area (Å²) in [5, 5.41) is 26.4. The van der Waals surface area contributed by atoms with Crippen LogP contribution in [-0.4, -0.2) is 34.9 Å². The van der Waals surface area contributed by atoms with Gasteiger partial charge in [0.25, 0.3) is 0 Å². The number of halogens is 1. The van der Waals surface area contributed by atoms with E-state index in [1.54, 1.807) is 6.07 Å². The summed E-state index contributed by atoms with van der Waals surface area (Å²) in [5.41, 5.74) is 2.80. The van der Waals surface area contributed by atoms with Gasteiger partial charge in [0.1, 0.15) is 11.9 Å². The SMILES string of the molecule is C[C@]12C[C@H](F)C3c4ccc(O)cc4C[C@@H](CCCCNC(=O)Cc4ccc5ccccc5c4)C3C1CC[C@@H]2O. The predicted molar refractivity (Wildman–Crippen MR) is 152 cm³/mol. The van der Waals surface area contributed by atoms with E-state index in [-0.39, 0.29) is 28.9 Å². The second-order valence-electron chi connectivity index (χ2n) is 12.6. The van der Waals surface area contributed by atoms with Gasteiger partial charge in [-0.2, -0.15) is 0 Å². The second kappa shape index (κ2) is 10.6. The van der Waals surface area contributed by atoms with E-state index in [1.165, 1.54) is 5.39 Å². The maximum absolute atomic E-state index is 15.9. The second-order valence-corrected chi connectivity index (χ2v) is 12.6. The predicted octanol–water partition coefficient (Wildman–Crippen LogP) is 6.47. The zero-order valence-corrected chi connectivity index (χ0v) is 22.8. The number of nitrogens with one attached hydrogen (secondary N) is 1. The van der Waals surface area contributed by atoms with Crippen LogP contribution in [0.15, 0.2) is 60.7 Å². The molecule has 2 fully saturated rings. The Bertz CT molecular complexity index is 1360. The minimum atomic E-state index is -0.982. The van der Waals surface area contributed by atoms with E-state index >= 15 is 4.39 Å². The lowest BCUT2D eigenvalue weighted by Crippen LogP contribution is -2.51. The Morgan fingerprint density at radius 1 is 1.05 bits per heavy atom. The summed E-state index contributed by atoms with van der Waals surface area (Å²) >= 11 is 0. The fourth-order valence-corrected chi connectivity index (χ4v) is 8.39. The summed E-state index contributed by atoms with van der Waals surface area (Å²) in [6.07, 6.45) is 4.74. The maximum Gasteiger partial charge on any atom is 0.224 e. The molecule has 3 aliphatic rings. The Morgan fingerprint density at radius 2 is 1.87 bits per heavy atom. The van der Waals surface area contributed by atoms with Gasteiger partial charge in [-0.3, -0.25) is 4.79 Å². The van der Waals surface area contributed by atoms with Gasteiger partial charge in [-0.05, 0) is 101 Å². The highest BCUT2D eigenvalue weighted by Crippen LogP contribution is 2.63. The van der Waals surface area contributed by atoms with Crippen LogP contribution in [0.4, 0.5) is 4.39 Å². The first kappa shape index (κ1) is 26.3. The Hall–Kier alpha value is -2.92. The van der Waals surface area contributed by atoms with Crippen molar-refractivity contribution in [2.75, 3.05) is 6.54 Å². The quantitative estimate of drug-likeness (QED) is 0.308. The third-order valence-corrected chi connectivity index (χ3v) is 10.3. The standard InChI is InChI=1S/C34H40FNO3/c1-34-20-29(35)33-27-12-11-26(37)19-25(27)18-24(32(33)28(34)13-14-30(34)38)8-4-5-15-36-31(39)17-21-9-10-22-6-2-3-7-23(22)16-21/h2-3,6-7,9-12,16,19,24,28-30,32-33,37-38H,4-5,8,13-15,17-18,20H2,1H3,(H,36,39)/t24-,28?,29+,30+,32?,33?,34+/m1/s1. The van der Waals surface area contributed by atoms with E-state index in [1.807, 2.05) is 30.3 Å². The fourth-order valence-electron chi connectivity index (χ4n) is 8.39. The molecule has 3 unspecified atom stereocenters. The molecule has 206 valence electrons. The molecule has 0 radical (unpaired) electrons. The van der Waals surface area contributed by atoms with Crippen LogP contribution < -0.4 is 5.32 Å². The Kier molecular flexibility index (Phi) is 7.13. The van der Waals surface area contributed by atoms with Crippen molar-refractivity contribution < 1.29 is 19.4 Å². The lowest BCUT2D eigenvalue weighted by Gasteiger charge is -2.54. The summed E-state index contributed by atoms with van der Waals surface area (Å²) in [4.78, 5) is 12.6. The number of unbranched alkanes of at least 4 members (excludes halogenated alkanes) is 1. The smallest absolute Gasteiger partial charge is 0.224 e. The van der Waals surface area contributed by atoms with Gasteiger partial charge >= 0.3 is 0 Å². The topological polar surface area (TPSA) is 69.6 Å². The Balaban J connectivity index is 1.08. The van der Waals surface area contributed by atoms with Gasteiger partial charge in [0.2, 0.25) is 5.91 Å². The normalized spacial score (nSPS) is 31.4. The number of phenols is 1. The highest BCUT2D eigenvalue weighted by Gasteiger charge is 2.59. The number of carbonyl (C=O) groups excluding carboxylic acids is 1. The van der Waals surface area contributed by atoms with Crippen molar-refractivity contribution in [1.82, 2.24) is 5.32 Å². The summed E-state index contributed by atoms with van der Waals surface area (Å²) < 4.78 is 15.9. The van der Waals surface area contributed by atoms with E-state index in [0.717, 1.165) is 60.6 Å². The molecule has 0 spiro atoms. The zero-order chi connectivity index (χ0) is 27.1. The monoisotopic (exact) mass is 529 g/mol. The maximum atomic E-state index is 15.9. The van der Waals surface area contributed by atoms with E-state index < -0.39 is 12.3 Å². The molecule has 4 nitrogen and oxygen atoms in total. The van der Waals surface area contributed by atoms with Gasteiger partial charge in [0, 0.05) is 12.5 Å². The molecule has 0 aromatic heterocycles. The van der Waals surface area contributed by atoms with Crippen molar-refractivity contribution in [1.29, 1.82) is 0 Å². The average Bonchev–Trinajstić information content (AvgIpc) is 3.21. The number of benzene rings is 3. The molecule has 5 heteroatoms. The van der Waals surface area contributed by atoms with Crippen LogP contribution in [0.1, 0.15) is 68.1 Å². The van der Waals surface area contributed by atoms with Crippen LogP contribution in [0.2, 0.25) is 0 Å². The molecule has 6 rings (SSSR count). The molecular weight excluding hydrogens is 489 g/mol. The highest BCUT2D eigenvalue weighted by atomic mass is 19.1. The zero-order valence-electron chi connectivity index (χ0n) is 22.8. The molecule has 0 saturated heterocycles. The fraction of sp³-hybridized carbons (Fsp3) is 0.500. The van der Waals surface area contributed by atoms with E-state index in [2.05, 4.69) is 36.5 Å². The lowest BCUT2D eigenvalue weighted by molar-refractivity contribution is -0.120. The minimum Gasteiger partial charge on any atom is -0.508 e. The van der Waals surface area contributed by atoms with Crippen molar-refractivity contribution in [3.8, 4) is 5.75 Å². The average molecular weight is 530 g/mol. The van der Waals surface area contributed by atoms with Crippen molar-refractivity contribution in [2.24, 2.45) is 23.2 Å². The number of fused-ring (bicyclic) bond motifs is 6. The van der Waals surface area contributed by atoms with Gasteiger partial charge in [-0.1, -0.05) is 61.9 Å². The number of rotatable bonds is 7. The molecule has 7 atom stereocenters. The van der Waals surface area contributed by atoms with Gasteiger partial charge < -0.3 is 15.5 Å². The van der Waals surface area contributed by atoms with Crippen LogP contribution in [0.5, 0.6) is 5.75 Å². The van der Waals surface area contributed by atoms with Gasteiger partial charge in [-0.15, -0.1) is 0 Å². The van der Waals surface area contributed by atoms with E-state index in [9.17, 15) is 15.0 Å². The van der Waals surface area contributed by atoms with Crippen LogP contribution in [0.25, 0.3) is 10.8 Å². The molecule has 39 heavy (non-hydrogen) atoms. The molecule has 2 saturated carbocycles. The lowest BCUT2D eigenvalue weighted by atomic mass is 9.51. The van der Waals surface area contributed by atoms with Gasteiger partial charge in [0.15, 0.2) is 0 Å². The van der Waals surface area contributed by atoms with Crippen LogP contribution >= 0.6 is 0 Å². The summed E-state index contributed by atoms with van der Waals surface area (Å²) in [6.45, 7) is 2.74. The van der Waals surface area contributed by atoms with Gasteiger partial charge in [-0.25, -0.2) is 4.39 Å². The molecule has 0 heterocycles. The Morgan fingerprint density at radius 3 is 2.72 bits per heavy atom. The molecule has 3 aromatic rings. The number of phenolic OH excluding ortho intramolecular Hbond substituents is 1. The van der Waals surface area contributed by atoms with Crippen molar-refractivity contribution in [2.45, 2.75) is 76.5 Å². The van der Waals surface area contributed by atoms with Crippen LogP contribution in [0.3, 0.4) is 0 Å². The number of aromatic hydroxyl groups is 1. The van der Waals surface area contributed by atoms with E-state index in [0.29, 0.717) is 31.2 Å². The molecule has 3 N–H and O–H groups in total. The van der Waals surface area contributed by atoms with Gasteiger partial charge in [0.05, 0.1) is 12.5 Å². The summed E-state index contributed by atoms with van der Waals surface area (Å²) in [5.74, 6) is 0.951. The van der Waals surface area contributed by atoms with Crippen LogP contribution in [-0.2, 0) is 17.6 Å². The first-order chi connectivity index (χ1) is 18.8. The molecule has 1 amide bonds. The van der Waals surface area contributed by atoms with Crippen molar-refractivity contribution >= 4 is 16.7 Å². The summed E-state index contributed by atoms with van der Waals surface area (Å²) in [7, 11) is 0. The van der Waals surface area contributed by atoms with E-state index in [4.69, 9.17) is 0 Å². The van der Waals surface area contributed by atoms with Crippen LogP contribution in [0, 0.1) is 23.2 Å². The molecule has 3 aliphatic carbocycles. The molecule has 3 aromatic carbocycles. The number of aliphatic hydroxyl groups excluding tert-OH is 1. The molecular formula is C34H40FNO3.